The van der Waals surface area contributed by atoms with E-state index in [2.05, 4.69) is 31.0 Å². The van der Waals surface area contributed by atoms with E-state index < -0.39 is 0 Å². The average Bonchev–Trinajstić information content (AvgIpc) is 2.71. The van der Waals surface area contributed by atoms with Gasteiger partial charge < -0.3 is 9.47 Å². The molecule has 0 fully saturated rings. The van der Waals surface area contributed by atoms with Gasteiger partial charge in [0, 0.05) is 12.8 Å². The van der Waals surface area contributed by atoms with Crippen LogP contribution in [0, 0.1) is 5.92 Å². The average molecular weight is 368 g/mol. The molecule has 0 saturated carbocycles. The predicted octanol–water partition coefficient (Wildman–Crippen LogP) is 6.30. The van der Waals surface area contributed by atoms with Crippen LogP contribution in [0.4, 0.5) is 0 Å². The molecule has 146 valence electrons. The second-order valence-corrected chi connectivity index (χ2v) is 6.85. The third-order valence-electron chi connectivity index (χ3n) is 4.67. The molecule has 0 aliphatic rings. The van der Waals surface area contributed by atoms with Crippen LogP contribution in [0.15, 0.2) is 53.5 Å². The zero-order chi connectivity index (χ0) is 19.3. The molecule has 2 aromatic carbocycles. The van der Waals surface area contributed by atoms with Crippen molar-refractivity contribution in [1.29, 1.82) is 0 Å². The molecule has 2 aromatic rings. The van der Waals surface area contributed by atoms with E-state index in [-0.39, 0.29) is 0 Å². The Morgan fingerprint density at radius 3 is 2.19 bits per heavy atom. The lowest BCUT2D eigenvalue weighted by molar-refractivity contribution is 0.305. The Hall–Kier alpha value is -2.29. The normalized spacial score (nSPS) is 12.3. The minimum atomic E-state index is 0.551. The predicted molar refractivity (Wildman–Crippen MR) is 114 cm³/mol. The summed E-state index contributed by atoms with van der Waals surface area (Å²) in [6.45, 7) is 8.65. The molecule has 0 amide bonds. The first-order valence-electron chi connectivity index (χ1n) is 10.2. The largest absolute Gasteiger partial charge is 0.494 e. The molecule has 0 aliphatic heterocycles. The van der Waals surface area contributed by atoms with Crippen LogP contribution >= 0.6 is 0 Å². The number of unbranched alkanes of at least 4 members (excludes halogenated alkanes) is 1. The fraction of sp³-hybridized carbons (Fsp3) is 0.458. The van der Waals surface area contributed by atoms with Crippen LogP contribution < -0.4 is 9.47 Å². The highest BCUT2D eigenvalue weighted by atomic mass is 16.5. The zero-order valence-electron chi connectivity index (χ0n) is 17.0. The van der Waals surface area contributed by atoms with Crippen LogP contribution in [0.1, 0.15) is 57.6 Å². The maximum absolute atomic E-state index is 5.87. The molecule has 0 aliphatic carbocycles. The first kappa shape index (κ1) is 21.0. The second-order valence-electron chi connectivity index (χ2n) is 6.85. The molecule has 1 atom stereocenters. The molecule has 3 heteroatoms. The fourth-order valence-corrected chi connectivity index (χ4v) is 2.89. The summed E-state index contributed by atoms with van der Waals surface area (Å²) in [5.41, 5.74) is 2.25. The van der Waals surface area contributed by atoms with Gasteiger partial charge in [0.15, 0.2) is 0 Å². The quantitative estimate of drug-likeness (QED) is 0.412. The van der Waals surface area contributed by atoms with Gasteiger partial charge in [-0.3, -0.25) is 4.99 Å². The third kappa shape index (κ3) is 7.86. The molecule has 0 heterocycles. The summed E-state index contributed by atoms with van der Waals surface area (Å²) in [6, 6.07) is 16.2. The first-order valence-corrected chi connectivity index (χ1v) is 10.2. The van der Waals surface area contributed by atoms with Gasteiger partial charge in [0.2, 0.25) is 0 Å². The van der Waals surface area contributed by atoms with Gasteiger partial charge in [-0.15, -0.1) is 0 Å². The van der Waals surface area contributed by atoms with Gasteiger partial charge in [0.25, 0.3) is 0 Å². The molecule has 27 heavy (non-hydrogen) atoms. The van der Waals surface area contributed by atoms with E-state index in [4.69, 9.17) is 9.47 Å². The van der Waals surface area contributed by atoms with Crippen molar-refractivity contribution in [3.63, 3.8) is 0 Å². The molecule has 0 saturated heterocycles. The lowest BCUT2D eigenvalue weighted by Gasteiger charge is -2.10. The van der Waals surface area contributed by atoms with Gasteiger partial charge >= 0.3 is 0 Å². The van der Waals surface area contributed by atoms with E-state index >= 15 is 0 Å². The molecular formula is C24H33NO2. The topological polar surface area (TPSA) is 30.8 Å². The molecule has 0 spiro atoms. The highest BCUT2D eigenvalue weighted by Gasteiger charge is 2.03. The fourth-order valence-electron chi connectivity index (χ4n) is 2.89. The van der Waals surface area contributed by atoms with E-state index in [0.717, 1.165) is 29.2 Å². The summed E-state index contributed by atoms with van der Waals surface area (Å²) in [7, 11) is 0. The standard InChI is InChI=1S/C24H33NO2/c1-4-7-8-20(5-2)17-25-18-21-9-13-24(14-10-21)27-19-22-11-15-23(16-12-22)26-6-3/h9-16,18,20H,4-8,17,19H2,1-3H3. The molecule has 0 N–H and O–H groups in total. The Labute approximate surface area is 164 Å². The van der Waals surface area contributed by atoms with Crippen molar-refractivity contribution >= 4 is 6.21 Å². The summed E-state index contributed by atoms with van der Waals surface area (Å²) in [6.07, 6.45) is 7.02. The van der Waals surface area contributed by atoms with Crippen LogP contribution in [0.3, 0.4) is 0 Å². The van der Waals surface area contributed by atoms with Crippen LogP contribution in [0.5, 0.6) is 11.5 Å². The Bertz CT molecular complexity index is 662. The van der Waals surface area contributed by atoms with Crippen molar-refractivity contribution in [2.45, 2.75) is 53.1 Å². The monoisotopic (exact) mass is 367 g/mol. The van der Waals surface area contributed by atoms with Crippen LogP contribution in [0.25, 0.3) is 0 Å². The van der Waals surface area contributed by atoms with Crippen molar-refractivity contribution in [1.82, 2.24) is 0 Å². The smallest absolute Gasteiger partial charge is 0.119 e. The molecule has 2 rings (SSSR count). The third-order valence-corrected chi connectivity index (χ3v) is 4.67. The van der Waals surface area contributed by atoms with E-state index in [0.29, 0.717) is 19.1 Å². The second kappa shape index (κ2) is 12.2. The number of benzene rings is 2. The molecule has 3 nitrogen and oxygen atoms in total. The van der Waals surface area contributed by atoms with Gasteiger partial charge in [-0.05, 0) is 66.8 Å². The molecular weight excluding hydrogens is 334 g/mol. The SMILES string of the molecule is CCCCC(CC)CN=Cc1ccc(OCc2ccc(OCC)cc2)cc1. The molecule has 0 aromatic heterocycles. The number of aliphatic imine (C=N–C) groups is 1. The number of nitrogens with zero attached hydrogens (tertiary/aromatic N) is 1. The summed E-state index contributed by atoms with van der Waals surface area (Å²) in [5.74, 6) is 2.47. The maximum Gasteiger partial charge on any atom is 0.119 e. The summed E-state index contributed by atoms with van der Waals surface area (Å²) < 4.78 is 11.3. The van der Waals surface area contributed by atoms with Crippen molar-refractivity contribution < 1.29 is 9.47 Å². The molecule has 1 unspecified atom stereocenters. The van der Waals surface area contributed by atoms with E-state index in [1.807, 2.05) is 49.5 Å². The lowest BCUT2D eigenvalue weighted by Crippen LogP contribution is -2.03. The number of rotatable bonds is 12. The Morgan fingerprint density at radius 1 is 0.889 bits per heavy atom. The van der Waals surface area contributed by atoms with Gasteiger partial charge in [-0.1, -0.05) is 45.2 Å². The molecule has 0 radical (unpaired) electrons. The Kier molecular flexibility index (Phi) is 9.47. The van der Waals surface area contributed by atoms with Crippen molar-refractivity contribution in [2.24, 2.45) is 10.9 Å². The molecule has 0 bridgehead atoms. The lowest BCUT2D eigenvalue weighted by atomic mass is 10.00. The van der Waals surface area contributed by atoms with Crippen molar-refractivity contribution in [3.05, 3.63) is 59.7 Å². The zero-order valence-corrected chi connectivity index (χ0v) is 17.0. The number of hydrogen-bond donors (Lipinski definition) is 0. The Morgan fingerprint density at radius 2 is 1.56 bits per heavy atom. The van der Waals surface area contributed by atoms with E-state index in [1.165, 1.54) is 25.7 Å². The van der Waals surface area contributed by atoms with E-state index in [9.17, 15) is 0 Å². The first-order chi connectivity index (χ1) is 13.2. The van der Waals surface area contributed by atoms with Gasteiger partial charge in [0.05, 0.1) is 6.61 Å². The van der Waals surface area contributed by atoms with Crippen LogP contribution in [0.2, 0.25) is 0 Å². The van der Waals surface area contributed by atoms with Gasteiger partial charge in [0.1, 0.15) is 18.1 Å². The van der Waals surface area contributed by atoms with Gasteiger partial charge in [-0.2, -0.15) is 0 Å². The number of hydrogen-bond acceptors (Lipinski definition) is 3. The summed E-state index contributed by atoms with van der Waals surface area (Å²) in [5, 5.41) is 0. The van der Waals surface area contributed by atoms with Gasteiger partial charge in [-0.25, -0.2) is 0 Å². The summed E-state index contributed by atoms with van der Waals surface area (Å²) >= 11 is 0. The Balaban J connectivity index is 1.79. The minimum absolute atomic E-state index is 0.551. The van der Waals surface area contributed by atoms with Crippen molar-refractivity contribution in [2.75, 3.05) is 13.2 Å². The van der Waals surface area contributed by atoms with E-state index in [1.54, 1.807) is 0 Å². The van der Waals surface area contributed by atoms with Crippen molar-refractivity contribution in [3.8, 4) is 11.5 Å². The summed E-state index contributed by atoms with van der Waals surface area (Å²) in [4.78, 5) is 4.63. The minimum Gasteiger partial charge on any atom is -0.494 e. The van der Waals surface area contributed by atoms with Crippen LogP contribution in [-0.2, 0) is 6.61 Å². The highest BCUT2D eigenvalue weighted by Crippen LogP contribution is 2.17. The maximum atomic E-state index is 5.87. The highest BCUT2D eigenvalue weighted by molar-refractivity contribution is 5.79. The van der Waals surface area contributed by atoms with Crippen LogP contribution in [-0.4, -0.2) is 19.4 Å². The number of ether oxygens (including phenoxy) is 2.